The number of carbonyl (C=O) groups excluding carboxylic acids is 1. The van der Waals surface area contributed by atoms with Crippen molar-refractivity contribution in [3.8, 4) is 0 Å². The maximum Gasteiger partial charge on any atom is 0.234 e. The quantitative estimate of drug-likeness (QED) is 0.494. The van der Waals surface area contributed by atoms with Crippen molar-refractivity contribution in [1.82, 2.24) is 9.97 Å². The van der Waals surface area contributed by atoms with Crippen LogP contribution in [0.15, 0.2) is 29.6 Å². The van der Waals surface area contributed by atoms with Gasteiger partial charge in [0.25, 0.3) is 0 Å². The highest BCUT2D eigenvalue weighted by molar-refractivity contribution is 8.00. The van der Waals surface area contributed by atoms with E-state index >= 15 is 0 Å². The molecular formula is C20H20FN3OS2. The molecule has 1 amide bonds. The Morgan fingerprint density at radius 3 is 3.07 bits per heavy atom. The van der Waals surface area contributed by atoms with Crippen molar-refractivity contribution in [2.75, 3.05) is 11.1 Å². The maximum absolute atomic E-state index is 13.6. The average Bonchev–Trinajstić information content (AvgIpc) is 3.01. The fourth-order valence-electron chi connectivity index (χ4n) is 3.36. The van der Waals surface area contributed by atoms with Crippen LogP contribution in [0, 0.1) is 18.7 Å². The van der Waals surface area contributed by atoms with Crippen LogP contribution in [-0.2, 0) is 17.6 Å². The van der Waals surface area contributed by atoms with Crippen LogP contribution in [-0.4, -0.2) is 21.6 Å². The van der Waals surface area contributed by atoms with Gasteiger partial charge in [0.2, 0.25) is 5.91 Å². The molecule has 0 spiro atoms. The van der Waals surface area contributed by atoms with E-state index in [-0.39, 0.29) is 17.5 Å². The monoisotopic (exact) mass is 401 g/mol. The Labute approximate surface area is 165 Å². The number of nitrogens with zero attached hydrogens (tertiary/aromatic N) is 2. The third kappa shape index (κ3) is 3.84. The number of hydrogen-bond donors (Lipinski definition) is 1. The van der Waals surface area contributed by atoms with Crippen LogP contribution in [0.5, 0.6) is 0 Å². The van der Waals surface area contributed by atoms with Gasteiger partial charge in [-0.25, -0.2) is 14.4 Å². The number of aromatic nitrogens is 2. The lowest BCUT2D eigenvalue weighted by molar-refractivity contribution is -0.113. The summed E-state index contributed by atoms with van der Waals surface area (Å²) in [5.74, 6) is 0.433. The minimum atomic E-state index is -0.322. The highest BCUT2D eigenvalue weighted by Gasteiger charge is 2.23. The normalized spacial score (nSPS) is 16.3. The molecule has 4 rings (SSSR count). The number of amides is 1. The van der Waals surface area contributed by atoms with Crippen molar-refractivity contribution < 1.29 is 9.18 Å². The molecule has 0 fully saturated rings. The molecule has 0 saturated carbocycles. The van der Waals surface area contributed by atoms with Crippen molar-refractivity contribution in [2.24, 2.45) is 5.92 Å². The Morgan fingerprint density at radius 2 is 2.26 bits per heavy atom. The van der Waals surface area contributed by atoms with Gasteiger partial charge in [0.1, 0.15) is 22.0 Å². The molecule has 0 aliphatic heterocycles. The van der Waals surface area contributed by atoms with E-state index in [1.54, 1.807) is 36.7 Å². The predicted molar refractivity (Wildman–Crippen MR) is 109 cm³/mol. The summed E-state index contributed by atoms with van der Waals surface area (Å²) < 4.78 is 13.6. The Balaban J connectivity index is 1.50. The fourth-order valence-corrected chi connectivity index (χ4v) is 5.60. The van der Waals surface area contributed by atoms with Gasteiger partial charge < -0.3 is 5.32 Å². The number of anilines is 1. The van der Waals surface area contributed by atoms with E-state index in [9.17, 15) is 9.18 Å². The third-order valence-corrected chi connectivity index (χ3v) is 7.00. The van der Waals surface area contributed by atoms with Crippen LogP contribution < -0.4 is 5.32 Å². The number of halogens is 1. The lowest BCUT2D eigenvalue weighted by Crippen LogP contribution is -2.14. The van der Waals surface area contributed by atoms with E-state index in [0.717, 1.165) is 28.1 Å². The number of thiophene rings is 1. The summed E-state index contributed by atoms with van der Waals surface area (Å²) in [5, 5.41) is 4.72. The molecule has 1 N–H and O–H groups in total. The number of aryl methyl sites for hydroxylation is 2. The first-order chi connectivity index (χ1) is 13.0. The fraction of sp³-hybridized carbons (Fsp3) is 0.350. The molecule has 0 radical (unpaired) electrons. The van der Waals surface area contributed by atoms with Gasteiger partial charge in [-0.05, 0) is 55.4 Å². The molecule has 0 bridgehead atoms. The van der Waals surface area contributed by atoms with E-state index < -0.39 is 0 Å². The molecule has 0 saturated heterocycles. The molecule has 3 aromatic rings. The minimum absolute atomic E-state index is 0.173. The van der Waals surface area contributed by atoms with Crippen molar-refractivity contribution in [3.63, 3.8) is 0 Å². The lowest BCUT2D eigenvalue weighted by atomic mass is 9.89. The summed E-state index contributed by atoms with van der Waals surface area (Å²) >= 11 is 3.16. The standard InChI is InChI=1S/C20H20FN3OS2/c1-11-3-6-14-16(7-11)27-20-18(14)19(22-10-23-20)26-9-17(25)24-13-5-4-12(2)15(21)8-13/h4-5,8,10-11H,3,6-7,9H2,1-2H3,(H,24,25)/t11-/m0/s1. The van der Waals surface area contributed by atoms with Crippen molar-refractivity contribution >= 4 is 44.9 Å². The first kappa shape index (κ1) is 18.4. The number of carbonyl (C=O) groups is 1. The van der Waals surface area contributed by atoms with Crippen LogP contribution in [0.25, 0.3) is 10.2 Å². The third-order valence-electron chi connectivity index (χ3n) is 4.85. The molecule has 1 aliphatic rings. The van der Waals surface area contributed by atoms with E-state index in [4.69, 9.17) is 0 Å². The van der Waals surface area contributed by atoms with Crippen molar-refractivity contribution in [1.29, 1.82) is 0 Å². The second-order valence-electron chi connectivity index (χ2n) is 7.01. The molecule has 27 heavy (non-hydrogen) atoms. The summed E-state index contributed by atoms with van der Waals surface area (Å²) in [6.45, 7) is 3.98. The lowest BCUT2D eigenvalue weighted by Gasteiger charge is -2.18. The Bertz CT molecular complexity index is 1020. The summed E-state index contributed by atoms with van der Waals surface area (Å²) in [7, 11) is 0. The van der Waals surface area contributed by atoms with Crippen LogP contribution in [0.3, 0.4) is 0 Å². The summed E-state index contributed by atoms with van der Waals surface area (Å²) in [6, 6.07) is 4.71. The molecule has 2 heterocycles. The molecule has 1 aromatic carbocycles. The predicted octanol–water partition coefficient (Wildman–Crippen LogP) is 4.99. The smallest absolute Gasteiger partial charge is 0.234 e. The number of benzene rings is 1. The number of thioether (sulfide) groups is 1. The molecular weight excluding hydrogens is 381 g/mol. The van der Waals surface area contributed by atoms with Crippen LogP contribution in [0.2, 0.25) is 0 Å². The van der Waals surface area contributed by atoms with Gasteiger partial charge in [-0.15, -0.1) is 11.3 Å². The van der Waals surface area contributed by atoms with E-state index in [2.05, 4.69) is 22.2 Å². The molecule has 1 atom stereocenters. The largest absolute Gasteiger partial charge is 0.325 e. The highest BCUT2D eigenvalue weighted by Crippen LogP contribution is 2.40. The molecule has 2 aromatic heterocycles. The summed E-state index contributed by atoms with van der Waals surface area (Å²) in [6.07, 6.45) is 4.90. The van der Waals surface area contributed by atoms with Gasteiger partial charge >= 0.3 is 0 Å². The number of rotatable bonds is 4. The highest BCUT2D eigenvalue weighted by atomic mass is 32.2. The molecule has 7 heteroatoms. The van der Waals surface area contributed by atoms with Crippen LogP contribution >= 0.6 is 23.1 Å². The second kappa shape index (κ2) is 7.56. The van der Waals surface area contributed by atoms with Crippen LogP contribution in [0.4, 0.5) is 10.1 Å². The molecule has 0 unspecified atom stereocenters. The molecule has 4 nitrogen and oxygen atoms in total. The van der Waals surface area contributed by atoms with Crippen molar-refractivity contribution in [3.05, 3.63) is 46.3 Å². The zero-order valence-electron chi connectivity index (χ0n) is 15.2. The Kier molecular flexibility index (Phi) is 5.14. The molecule has 140 valence electrons. The summed E-state index contributed by atoms with van der Waals surface area (Å²) in [5.41, 5.74) is 2.39. The first-order valence-corrected chi connectivity index (χ1v) is 10.8. The average molecular weight is 402 g/mol. The van der Waals surface area contributed by atoms with Crippen LogP contribution in [0.1, 0.15) is 29.3 Å². The molecule has 1 aliphatic carbocycles. The zero-order valence-corrected chi connectivity index (χ0v) is 16.8. The van der Waals surface area contributed by atoms with E-state index in [0.29, 0.717) is 17.2 Å². The van der Waals surface area contributed by atoms with E-state index in [1.807, 2.05) is 0 Å². The second-order valence-corrected chi connectivity index (χ2v) is 9.06. The maximum atomic E-state index is 13.6. The van der Waals surface area contributed by atoms with Gasteiger partial charge in [-0.1, -0.05) is 24.8 Å². The van der Waals surface area contributed by atoms with Gasteiger partial charge in [0.05, 0.1) is 5.75 Å². The number of fused-ring (bicyclic) bond motifs is 3. The Morgan fingerprint density at radius 1 is 1.41 bits per heavy atom. The number of hydrogen-bond acceptors (Lipinski definition) is 5. The van der Waals surface area contributed by atoms with Gasteiger partial charge in [-0.3, -0.25) is 4.79 Å². The van der Waals surface area contributed by atoms with E-state index in [1.165, 1.54) is 34.7 Å². The van der Waals surface area contributed by atoms with Crippen molar-refractivity contribution in [2.45, 2.75) is 38.1 Å². The van der Waals surface area contributed by atoms with Gasteiger partial charge in [-0.2, -0.15) is 0 Å². The minimum Gasteiger partial charge on any atom is -0.325 e. The summed E-state index contributed by atoms with van der Waals surface area (Å²) in [4.78, 5) is 23.6. The van der Waals surface area contributed by atoms with Gasteiger partial charge in [0.15, 0.2) is 0 Å². The number of nitrogens with one attached hydrogen (secondary N) is 1. The SMILES string of the molecule is Cc1ccc(NC(=O)CSc2ncnc3sc4c(c23)CC[C@H](C)C4)cc1F. The Hall–Kier alpha value is -1.99. The first-order valence-electron chi connectivity index (χ1n) is 8.95. The topological polar surface area (TPSA) is 54.9 Å². The zero-order chi connectivity index (χ0) is 19.0. The van der Waals surface area contributed by atoms with Gasteiger partial charge in [0, 0.05) is 16.0 Å².